The van der Waals surface area contributed by atoms with Gasteiger partial charge in [-0.1, -0.05) is 11.6 Å². The van der Waals surface area contributed by atoms with E-state index in [0.717, 1.165) is 6.26 Å². The quantitative estimate of drug-likeness (QED) is 0.668. The summed E-state index contributed by atoms with van der Waals surface area (Å²) in [6.07, 6.45) is 2.37. The van der Waals surface area contributed by atoms with Crippen molar-refractivity contribution in [3.8, 4) is 17.4 Å². The third-order valence-corrected chi connectivity index (χ3v) is 4.03. The van der Waals surface area contributed by atoms with Crippen molar-refractivity contribution >= 4 is 38.6 Å². The van der Waals surface area contributed by atoms with E-state index in [1.165, 1.54) is 6.20 Å². The van der Waals surface area contributed by atoms with Crippen LogP contribution in [0.5, 0.6) is 17.4 Å². The summed E-state index contributed by atoms with van der Waals surface area (Å²) in [5.41, 5.74) is 1.31. The minimum Gasteiger partial charge on any atom is -0.484 e. The number of nitrogens with zero attached hydrogens (tertiary/aromatic N) is 2. The van der Waals surface area contributed by atoms with Gasteiger partial charge in [-0.05, 0) is 42.5 Å². The predicted molar refractivity (Wildman–Crippen MR) is 99.5 cm³/mol. The molecular formula is C17H14ClN3O5S. The van der Waals surface area contributed by atoms with Crippen LogP contribution in [0.3, 0.4) is 0 Å². The number of fused-ring (bicyclic) bond motifs is 1. The summed E-state index contributed by atoms with van der Waals surface area (Å²) in [5, 5.41) is 0.575. The number of halogens is 1. The van der Waals surface area contributed by atoms with Gasteiger partial charge in [0, 0.05) is 5.02 Å². The van der Waals surface area contributed by atoms with E-state index < -0.39 is 22.5 Å². The second kappa shape index (κ2) is 7.77. The van der Waals surface area contributed by atoms with Crippen LogP contribution in [0.25, 0.3) is 11.0 Å². The Labute approximate surface area is 160 Å². The number of nitrogens with one attached hydrogen (secondary N) is 1. The Morgan fingerprint density at radius 2 is 1.81 bits per heavy atom. The second-order valence-electron chi connectivity index (χ2n) is 5.50. The highest BCUT2D eigenvalue weighted by Crippen LogP contribution is 2.24. The molecule has 27 heavy (non-hydrogen) atoms. The van der Waals surface area contributed by atoms with Gasteiger partial charge in [0.1, 0.15) is 11.5 Å². The Kier molecular flexibility index (Phi) is 5.43. The van der Waals surface area contributed by atoms with E-state index in [4.69, 9.17) is 21.1 Å². The van der Waals surface area contributed by atoms with Crippen molar-refractivity contribution in [2.45, 2.75) is 0 Å². The third-order valence-electron chi connectivity index (χ3n) is 3.20. The lowest BCUT2D eigenvalue weighted by molar-refractivity contribution is -0.121. The maximum Gasteiger partial charge on any atom is 0.271 e. The SMILES string of the molecule is CS(=O)(=O)NC(=O)COc1ccc(Oc2cnc3cc(Cl)ccc3n2)cc1. The number of ether oxygens (including phenoxy) is 2. The van der Waals surface area contributed by atoms with Crippen molar-refractivity contribution in [2.24, 2.45) is 0 Å². The predicted octanol–water partition coefficient (Wildman–Crippen LogP) is 2.53. The Bertz CT molecular complexity index is 1090. The molecule has 1 aromatic heterocycles. The van der Waals surface area contributed by atoms with Gasteiger partial charge in [0.2, 0.25) is 15.9 Å². The van der Waals surface area contributed by atoms with E-state index in [9.17, 15) is 13.2 Å². The van der Waals surface area contributed by atoms with Crippen molar-refractivity contribution in [1.82, 2.24) is 14.7 Å². The Balaban J connectivity index is 1.62. The van der Waals surface area contributed by atoms with Crippen LogP contribution in [0.15, 0.2) is 48.7 Å². The minimum absolute atomic E-state index is 0.311. The number of benzene rings is 2. The molecule has 0 spiro atoms. The van der Waals surface area contributed by atoms with E-state index in [2.05, 4.69) is 9.97 Å². The molecule has 3 rings (SSSR count). The van der Waals surface area contributed by atoms with E-state index in [1.54, 1.807) is 42.5 Å². The van der Waals surface area contributed by atoms with Gasteiger partial charge in [0.15, 0.2) is 6.61 Å². The number of hydrogen-bond acceptors (Lipinski definition) is 7. The molecule has 0 aliphatic carbocycles. The van der Waals surface area contributed by atoms with Gasteiger partial charge in [0.05, 0.1) is 23.5 Å². The summed E-state index contributed by atoms with van der Waals surface area (Å²) < 4.78 is 34.6. The van der Waals surface area contributed by atoms with E-state index in [0.29, 0.717) is 33.4 Å². The summed E-state index contributed by atoms with van der Waals surface area (Å²) in [5.74, 6) is 0.422. The number of hydrogen-bond donors (Lipinski definition) is 1. The summed E-state index contributed by atoms with van der Waals surface area (Å²) in [6.45, 7) is -0.425. The average Bonchev–Trinajstić information content (AvgIpc) is 2.60. The molecule has 2 aromatic carbocycles. The fraction of sp³-hybridized carbons (Fsp3) is 0.118. The molecule has 0 saturated carbocycles. The molecular weight excluding hydrogens is 394 g/mol. The third kappa shape index (κ3) is 5.53. The molecule has 0 unspecified atom stereocenters. The van der Waals surface area contributed by atoms with Crippen molar-refractivity contribution in [1.29, 1.82) is 0 Å². The summed E-state index contributed by atoms with van der Waals surface area (Å²) >= 11 is 5.91. The van der Waals surface area contributed by atoms with Gasteiger partial charge in [-0.15, -0.1) is 0 Å². The Hall–Kier alpha value is -2.91. The molecule has 0 aliphatic heterocycles. The zero-order chi connectivity index (χ0) is 19.4. The van der Waals surface area contributed by atoms with Gasteiger partial charge in [-0.25, -0.2) is 18.4 Å². The monoisotopic (exact) mass is 407 g/mol. The van der Waals surface area contributed by atoms with Gasteiger partial charge in [-0.3, -0.25) is 9.52 Å². The molecule has 3 aromatic rings. The molecule has 8 nitrogen and oxygen atoms in total. The number of amides is 1. The number of carbonyl (C=O) groups is 1. The second-order valence-corrected chi connectivity index (χ2v) is 7.69. The smallest absolute Gasteiger partial charge is 0.271 e. The highest BCUT2D eigenvalue weighted by molar-refractivity contribution is 7.89. The van der Waals surface area contributed by atoms with E-state index >= 15 is 0 Å². The molecule has 140 valence electrons. The highest BCUT2D eigenvalue weighted by atomic mass is 35.5. The van der Waals surface area contributed by atoms with Crippen molar-refractivity contribution in [3.05, 3.63) is 53.7 Å². The standard InChI is InChI=1S/C17H14ClN3O5S/c1-27(23,24)21-16(22)10-25-12-3-5-13(6-4-12)26-17-9-19-15-8-11(18)2-7-14(15)20-17/h2-9H,10H2,1H3,(H,21,22). The minimum atomic E-state index is -3.61. The molecule has 0 aliphatic rings. The molecule has 0 radical (unpaired) electrons. The van der Waals surface area contributed by atoms with Crippen LogP contribution in [0.2, 0.25) is 5.02 Å². The topological polar surface area (TPSA) is 107 Å². The van der Waals surface area contributed by atoms with Crippen molar-refractivity contribution in [2.75, 3.05) is 12.9 Å². The maximum absolute atomic E-state index is 11.4. The molecule has 1 heterocycles. The molecule has 0 fully saturated rings. The Morgan fingerprint density at radius 1 is 1.11 bits per heavy atom. The van der Waals surface area contributed by atoms with Crippen LogP contribution >= 0.6 is 11.6 Å². The van der Waals surface area contributed by atoms with Gasteiger partial charge >= 0.3 is 0 Å². The van der Waals surface area contributed by atoms with Crippen LogP contribution < -0.4 is 14.2 Å². The largest absolute Gasteiger partial charge is 0.484 e. The van der Waals surface area contributed by atoms with Crippen LogP contribution in [0.1, 0.15) is 0 Å². The van der Waals surface area contributed by atoms with E-state index in [1.807, 2.05) is 4.72 Å². The van der Waals surface area contributed by atoms with Gasteiger partial charge in [0.25, 0.3) is 5.91 Å². The van der Waals surface area contributed by atoms with Gasteiger partial charge < -0.3 is 9.47 Å². The first-order chi connectivity index (χ1) is 12.8. The first-order valence-electron chi connectivity index (χ1n) is 7.62. The van der Waals surface area contributed by atoms with Crippen LogP contribution in [-0.2, 0) is 14.8 Å². The summed E-state index contributed by atoms with van der Waals surface area (Å²) in [7, 11) is -3.61. The molecule has 0 bridgehead atoms. The zero-order valence-electron chi connectivity index (χ0n) is 14.0. The number of aromatic nitrogens is 2. The molecule has 0 atom stereocenters. The van der Waals surface area contributed by atoms with Crippen LogP contribution in [0, 0.1) is 0 Å². The van der Waals surface area contributed by atoms with Crippen LogP contribution in [-0.4, -0.2) is 37.2 Å². The average molecular weight is 408 g/mol. The highest BCUT2D eigenvalue weighted by Gasteiger charge is 2.09. The zero-order valence-corrected chi connectivity index (χ0v) is 15.6. The number of sulfonamides is 1. The molecule has 1 N–H and O–H groups in total. The number of carbonyl (C=O) groups excluding carboxylic acids is 1. The van der Waals surface area contributed by atoms with Crippen molar-refractivity contribution < 1.29 is 22.7 Å². The normalized spacial score (nSPS) is 11.2. The lowest BCUT2D eigenvalue weighted by Gasteiger charge is -2.08. The fourth-order valence-electron chi connectivity index (χ4n) is 2.13. The molecule has 0 saturated heterocycles. The lowest BCUT2D eigenvalue weighted by atomic mass is 10.3. The molecule has 1 amide bonds. The summed E-state index contributed by atoms with van der Waals surface area (Å²) in [6, 6.07) is 11.6. The first-order valence-corrected chi connectivity index (χ1v) is 9.89. The Morgan fingerprint density at radius 3 is 2.52 bits per heavy atom. The van der Waals surface area contributed by atoms with Crippen molar-refractivity contribution in [3.63, 3.8) is 0 Å². The van der Waals surface area contributed by atoms with Crippen LogP contribution in [0.4, 0.5) is 0 Å². The molecule has 10 heteroatoms. The lowest BCUT2D eigenvalue weighted by Crippen LogP contribution is -2.33. The first kappa shape index (κ1) is 18.9. The number of rotatable bonds is 6. The fourth-order valence-corrected chi connectivity index (χ4v) is 2.76. The summed E-state index contributed by atoms with van der Waals surface area (Å²) in [4.78, 5) is 20.0. The van der Waals surface area contributed by atoms with E-state index in [-0.39, 0.29) is 0 Å². The van der Waals surface area contributed by atoms with Gasteiger partial charge in [-0.2, -0.15) is 0 Å². The maximum atomic E-state index is 11.4.